The maximum absolute atomic E-state index is 13.5. The normalized spacial score (nSPS) is 19.2. The van der Waals surface area contributed by atoms with E-state index in [2.05, 4.69) is 11.9 Å². The van der Waals surface area contributed by atoms with Crippen LogP contribution in [-0.2, 0) is 11.0 Å². The van der Waals surface area contributed by atoms with Crippen LogP contribution in [-0.4, -0.2) is 47.7 Å². The third-order valence-electron chi connectivity index (χ3n) is 6.42. The van der Waals surface area contributed by atoms with Gasteiger partial charge in [-0.3, -0.25) is 9.69 Å². The maximum Gasteiger partial charge on any atom is 0.417 e. The third-order valence-corrected chi connectivity index (χ3v) is 6.78. The molecule has 2 heterocycles. The van der Waals surface area contributed by atoms with Gasteiger partial charge in [0.1, 0.15) is 17.4 Å². The van der Waals surface area contributed by atoms with Crippen molar-refractivity contribution in [2.24, 2.45) is 0 Å². The Kier molecular flexibility index (Phi) is 6.51. The number of benzene rings is 2. The highest BCUT2D eigenvalue weighted by Gasteiger charge is 2.50. The van der Waals surface area contributed by atoms with E-state index in [4.69, 9.17) is 22.2 Å². The fourth-order valence-corrected chi connectivity index (χ4v) is 4.95. The smallest absolute Gasteiger partial charge is 0.417 e. The first-order chi connectivity index (χ1) is 16.4. The van der Waals surface area contributed by atoms with Crippen LogP contribution in [0.3, 0.4) is 0 Å². The van der Waals surface area contributed by atoms with E-state index in [0.717, 1.165) is 43.0 Å². The first-order valence-corrected chi connectivity index (χ1v) is 11.6. The Morgan fingerprint density at radius 1 is 1.09 bits per heavy atom. The minimum absolute atomic E-state index is 0.0379. The number of piperidine rings is 1. The van der Waals surface area contributed by atoms with E-state index in [1.54, 1.807) is 36.9 Å². The van der Waals surface area contributed by atoms with Crippen LogP contribution in [0.15, 0.2) is 42.5 Å². The summed E-state index contributed by atoms with van der Waals surface area (Å²) in [5.41, 5.74) is -2.19. The van der Waals surface area contributed by atoms with Crippen molar-refractivity contribution < 1.29 is 22.7 Å². The zero-order valence-corrected chi connectivity index (χ0v) is 20.4. The number of carbonyl (C=O) groups excluding carboxylic acids is 1. The van der Waals surface area contributed by atoms with Gasteiger partial charge in [-0.1, -0.05) is 0 Å². The second-order valence-corrected chi connectivity index (χ2v) is 9.64. The number of amides is 1. The number of ether oxygens (including phenoxy) is 1. The number of likely N-dealkylation sites (tertiary alicyclic amines) is 1. The molecule has 6 nitrogen and oxygen atoms in total. The molecule has 0 bridgehead atoms. The highest BCUT2D eigenvalue weighted by Crippen LogP contribution is 2.40. The van der Waals surface area contributed by atoms with Crippen molar-refractivity contribution in [2.45, 2.75) is 44.5 Å². The minimum Gasteiger partial charge on any atom is -0.490 e. The first-order valence-electron chi connectivity index (χ1n) is 11.2. The van der Waals surface area contributed by atoms with E-state index in [-0.39, 0.29) is 16.9 Å². The Balaban J connectivity index is 1.61. The number of halogens is 3. The van der Waals surface area contributed by atoms with E-state index in [1.165, 1.54) is 6.07 Å². The van der Waals surface area contributed by atoms with Crippen LogP contribution in [0, 0.1) is 11.3 Å². The van der Waals surface area contributed by atoms with Crippen LogP contribution < -0.4 is 14.5 Å². The van der Waals surface area contributed by atoms with E-state index >= 15 is 0 Å². The number of anilines is 2. The number of thiocarbonyl (C=S) groups is 1. The highest BCUT2D eigenvalue weighted by atomic mass is 32.1. The minimum atomic E-state index is -4.75. The molecule has 0 atom stereocenters. The summed E-state index contributed by atoms with van der Waals surface area (Å²) >= 11 is 5.57. The topological polar surface area (TPSA) is 59.8 Å². The number of nitrogens with zero attached hydrogens (tertiary/aromatic N) is 4. The summed E-state index contributed by atoms with van der Waals surface area (Å²) in [6.45, 7) is 5.28. The SMILES string of the molecule is CN1CCC(Oc2ccc(N3C(=S)N(c4ccc(C#N)c(C(F)(F)F)c4)C(=O)C3(C)C)cc2)CC1. The molecule has 10 heteroatoms. The van der Waals surface area contributed by atoms with Gasteiger partial charge in [-0.15, -0.1) is 0 Å². The zero-order valence-electron chi connectivity index (χ0n) is 19.6. The van der Waals surface area contributed by atoms with Gasteiger partial charge in [-0.2, -0.15) is 18.4 Å². The van der Waals surface area contributed by atoms with Gasteiger partial charge in [0.2, 0.25) is 0 Å². The number of rotatable bonds is 4. The predicted molar refractivity (Wildman–Crippen MR) is 130 cm³/mol. The van der Waals surface area contributed by atoms with Gasteiger partial charge in [0.25, 0.3) is 5.91 Å². The summed E-state index contributed by atoms with van der Waals surface area (Å²) in [4.78, 5) is 18.3. The number of hydrogen-bond acceptors (Lipinski definition) is 5. The molecule has 0 spiro atoms. The Morgan fingerprint density at radius 2 is 1.69 bits per heavy atom. The number of alkyl halides is 3. The van der Waals surface area contributed by atoms with E-state index in [0.29, 0.717) is 11.4 Å². The highest BCUT2D eigenvalue weighted by molar-refractivity contribution is 7.81. The molecule has 0 aliphatic carbocycles. The third kappa shape index (κ3) is 4.70. The van der Waals surface area contributed by atoms with Gasteiger partial charge in [0.15, 0.2) is 5.11 Å². The van der Waals surface area contributed by atoms with Crippen LogP contribution in [0.2, 0.25) is 0 Å². The van der Waals surface area contributed by atoms with Crippen molar-refractivity contribution in [3.63, 3.8) is 0 Å². The molecule has 2 fully saturated rings. The average molecular weight is 503 g/mol. The standard InChI is InChI=1S/C25H25F3N4O2S/c1-24(2)22(33)31(18-5-4-16(15-29)21(14-18)25(26,27)28)23(35)32(24)17-6-8-19(9-7-17)34-20-10-12-30(3)13-11-20/h4-9,14,20H,10-13H2,1-3H3. The van der Waals surface area contributed by atoms with E-state index in [1.807, 2.05) is 12.1 Å². The molecule has 0 radical (unpaired) electrons. The molecule has 2 aliphatic rings. The van der Waals surface area contributed by atoms with E-state index < -0.39 is 28.7 Å². The average Bonchev–Trinajstić information content (AvgIpc) is 2.98. The molecule has 2 aliphatic heterocycles. The quantitative estimate of drug-likeness (QED) is 0.551. The molecule has 1 amide bonds. The summed E-state index contributed by atoms with van der Waals surface area (Å²) in [6.07, 6.45) is -2.73. The fourth-order valence-electron chi connectivity index (χ4n) is 4.43. The van der Waals surface area contributed by atoms with Gasteiger partial charge in [0, 0.05) is 18.8 Å². The van der Waals surface area contributed by atoms with Gasteiger partial charge in [-0.05, 0) is 88.4 Å². The van der Waals surface area contributed by atoms with Crippen LogP contribution in [0.1, 0.15) is 37.8 Å². The fraction of sp³-hybridized carbons (Fsp3) is 0.400. The maximum atomic E-state index is 13.5. The molecule has 0 saturated carbocycles. The molecule has 2 aromatic carbocycles. The molecular weight excluding hydrogens is 477 g/mol. The van der Waals surface area contributed by atoms with Crippen LogP contribution >= 0.6 is 12.2 Å². The largest absolute Gasteiger partial charge is 0.490 e. The second-order valence-electron chi connectivity index (χ2n) is 9.27. The van der Waals surface area contributed by atoms with Crippen LogP contribution in [0.5, 0.6) is 5.75 Å². The number of hydrogen-bond donors (Lipinski definition) is 0. The number of nitriles is 1. The van der Waals surface area contributed by atoms with Crippen molar-refractivity contribution >= 4 is 34.6 Å². The molecule has 4 rings (SSSR count). The van der Waals surface area contributed by atoms with Gasteiger partial charge >= 0.3 is 6.18 Å². The summed E-state index contributed by atoms with van der Waals surface area (Å²) < 4.78 is 46.6. The van der Waals surface area contributed by atoms with Crippen molar-refractivity contribution in [1.29, 1.82) is 5.26 Å². The van der Waals surface area contributed by atoms with Gasteiger partial charge < -0.3 is 14.5 Å². The van der Waals surface area contributed by atoms with E-state index in [9.17, 15) is 18.0 Å². The Hall–Kier alpha value is -3.16. The van der Waals surface area contributed by atoms with Crippen molar-refractivity contribution in [3.8, 4) is 11.8 Å². The molecule has 0 N–H and O–H groups in total. The van der Waals surface area contributed by atoms with Crippen LogP contribution in [0.4, 0.5) is 24.5 Å². The number of carbonyl (C=O) groups is 1. The Labute approximate surface area is 207 Å². The van der Waals surface area contributed by atoms with Crippen LogP contribution in [0.25, 0.3) is 0 Å². The lowest BCUT2D eigenvalue weighted by Crippen LogP contribution is -2.44. The molecule has 2 saturated heterocycles. The molecular formula is C25H25F3N4O2S. The Morgan fingerprint density at radius 3 is 2.26 bits per heavy atom. The first kappa shape index (κ1) is 24.9. The van der Waals surface area contributed by atoms with Gasteiger partial charge in [-0.25, -0.2) is 0 Å². The summed E-state index contributed by atoms with van der Waals surface area (Å²) in [5, 5.41) is 9.13. The summed E-state index contributed by atoms with van der Waals surface area (Å²) in [6, 6.07) is 11.9. The molecule has 0 unspecified atom stereocenters. The summed E-state index contributed by atoms with van der Waals surface area (Å²) in [7, 11) is 2.08. The molecule has 35 heavy (non-hydrogen) atoms. The Bertz CT molecular complexity index is 1180. The predicted octanol–water partition coefficient (Wildman–Crippen LogP) is 4.97. The lowest BCUT2D eigenvalue weighted by Gasteiger charge is -2.31. The second kappa shape index (κ2) is 9.13. The summed E-state index contributed by atoms with van der Waals surface area (Å²) in [5.74, 6) is 0.239. The molecule has 0 aromatic heterocycles. The van der Waals surface area contributed by atoms with Crippen molar-refractivity contribution in [3.05, 3.63) is 53.6 Å². The lowest BCUT2D eigenvalue weighted by atomic mass is 10.0. The van der Waals surface area contributed by atoms with Crippen molar-refractivity contribution in [1.82, 2.24) is 4.90 Å². The van der Waals surface area contributed by atoms with Gasteiger partial charge in [0.05, 0.1) is 22.9 Å². The van der Waals surface area contributed by atoms with Crippen molar-refractivity contribution in [2.75, 3.05) is 29.9 Å². The molecule has 184 valence electrons. The monoisotopic (exact) mass is 502 g/mol. The zero-order chi connectivity index (χ0) is 25.5. The lowest BCUT2D eigenvalue weighted by molar-refractivity contribution is -0.137. The molecule has 2 aromatic rings.